The maximum absolute atomic E-state index is 9.49. The number of benzene rings is 1. The molecule has 0 spiro atoms. The lowest BCUT2D eigenvalue weighted by molar-refractivity contribution is 0.00578. The van der Waals surface area contributed by atoms with Crippen molar-refractivity contribution in [2.45, 2.75) is 97.9 Å². The number of aryl methyl sites for hydroxylation is 1. The van der Waals surface area contributed by atoms with E-state index in [9.17, 15) is 5.11 Å². The summed E-state index contributed by atoms with van der Waals surface area (Å²) in [5, 5.41) is 9.49. The van der Waals surface area contributed by atoms with Crippen molar-refractivity contribution in [2.75, 3.05) is 0 Å². The maximum Gasteiger partial charge on any atom is 0.494 e. The van der Waals surface area contributed by atoms with Crippen molar-refractivity contribution in [3.8, 4) is 0 Å². The van der Waals surface area contributed by atoms with Gasteiger partial charge in [0.05, 0.1) is 16.8 Å². The Morgan fingerprint density at radius 2 is 1.57 bits per heavy atom. The molecule has 1 aliphatic carbocycles. The molecule has 1 aromatic rings. The topological polar surface area (TPSA) is 38.7 Å². The lowest BCUT2D eigenvalue weighted by atomic mass is 9.78. The fraction of sp³-hybridized carbons (Fsp3) is 0.667. The zero-order valence-electron chi connectivity index (χ0n) is 19.1. The van der Waals surface area contributed by atoms with Crippen LogP contribution in [0.3, 0.4) is 0 Å². The molecule has 1 heterocycles. The Bertz CT molecular complexity index is 665. The second-order valence-electron chi connectivity index (χ2n) is 9.88. The van der Waals surface area contributed by atoms with Crippen LogP contribution in [0.5, 0.6) is 0 Å². The van der Waals surface area contributed by atoms with Crippen LogP contribution in [0.25, 0.3) is 6.08 Å². The van der Waals surface area contributed by atoms with Crippen LogP contribution in [-0.4, -0.2) is 29.0 Å². The lowest BCUT2D eigenvalue weighted by Crippen LogP contribution is -2.41. The predicted octanol–water partition coefficient (Wildman–Crippen LogP) is 5.27. The van der Waals surface area contributed by atoms with Gasteiger partial charge in [-0.15, -0.1) is 0 Å². The fourth-order valence-electron chi connectivity index (χ4n) is 3.53. The van der Waals surface area contributed by atoms with Crippen LogP contribution in [0.2, 0.25) is 0 Å². The quantitative estimate of drug-likeness (QED) is 0.704. The molecule has 0 radical (unpaired) electrons. The number of rotatable bonds is 2. The van der Waals surface area contributed by atoms with Gasteiger partial charge in [0.1, 0.15) is 0 Å². The highest BCUT2D eigenvalue weighted by Gasteiger charge is 2.51. The minimum Gasteiger partial charge on any atom is -0.399 e. The third-order valence-electron chi connectivity index (χ3n) is 6.53. The Morgan fingerprint density at radius 1 is 1.04 bits per heavy atom. The average molecular weight is 386 g/mol. The van der Waals surface area contributed by atoms with E-state index in [1.807, 2.05) is 13.8 Å². The van der Waals surface area contributed by atoms with Gasteiger partial charge in [-0.2, -0.15) is 0 Å². The Morgan fingerprint density at radius 3 is 2.04 bits per heavy atom. The first-order chi connectivity index (χ1) is 12.9. The van der Waals surface area contributed by atoms with Gasteiger partial charge in [-0.3, -0.25) is 0 Å². The molecule has 1 saturated heterocycles. The van der Waals surface area contributed by atoms with E-state index in [0.717, 1.165) is 24.2 Å². The van der Waals surface area contributed by atoms with Gasteiger partial charge in [-0.25, -0.2) is 0 Å². The van der Waals surface area contributed by atoms with E-state index >= 15 is 0 Å². The van der Waals surface area contributed by atoms with Crippen LogP contribution < -0.4 is 5.46 Å². The van der Waals surface area contributed by atoms with E-state index in [4.69, 9.17) is 9.31 Å². The van der Waals surface area contributed by atoms with Gasteiger partial charge in [0.2, 0.25) is 0 Å². The Balaban J connectivity index is 0.000000261. The van der Waals surface area contributed by atoms with E-state index < -0.39 is 0 Å². The molecule has 0 aromatic heterocycles. The van der Waals surface area contributed by atoms with E-state index in [0.29, 0.717) is 0 Å². The third kappa shape index (κ3) is 5.71. The minimum atomic E-state index is -0.341. The highest BCUT2D eigenvalue weighted by molar-refractivity contribution is 6.62. The summed E-state index contributed by atoms with van der Waals surface area (Å²) in [4.78, 5) is 0. The van der Waals surface area contributed by atoms with Gasteiger partial charge in [0.25, 0.3) is 0 Å². The Labute approximate surface area is 172 Å². The number of aliphatic hydroxyl groups is 1. The Kier molecular flexibility index (Phi) is 7.23. The highest BCUT2D eigenvalue weighted by Crippen LogP contribution is 2.36. The molecule has 3 rings (SSSR count). The summed E-state index contributed by atoms with van der Waals surface area (Å²) in [7, 11) is -0.283. The Hall–Kier alpha value is -1.10. The number of allylic oxidation sites excluding steroid dienone is 1. The van der Waals surface area contributed by atoms with Gasteiger partial charge in [0, 0.05) is 0 Å². The first kappa shape index (κ1) is 23.2. The van der Waals surface area contributed by atoms with Gasteiger partial charge >= 0.3 is 7.12 Å². The van der Waals surface area contributed by atoms with Crippen molar-refractivity contribution in [1.82, 2.24) is 0 Å². The fourth-order valence-corrected chi connectivity index (χ4v) is 3.53. The average Bonchev–Trinajstić information content (AvgIpc) is 2.81. The largest absolute Gasteiger partial charge is 0.494 e. The summed E-state index contributed by atoms with van der Waals surface area (Å²) in [5.74, 6) is 0.838. The van der Waals surface area contributed by atoms with Gasteiger partial charge < -0.3 is 14.4 Å². The summed E-state index contributed by atoms with van der Waals surface area (Å²) in [6.07, 6.45) is 8.56. The lowest BCUT2D eigenvalue weighted by Gasteiger charge is -2.32. The normalized spacial score (nSPS) is 28.9. The number of hydrogen-bond acceptors (Lipinski definition) is 3. The molecule has 1 saturated carbocycles. The van der Waals surface area contributed by atoms with Crippen LogP contribution in [-0.2, 0) is 9.31 Å². The molecule has 2 fully saturated rings. The van der Waals surface area contributed by atoms with Crippen LogP contribution >= 0.6 is 0 Å². The first-order valence-electron chi connectivity index (χ1n) is 10.7. The zero-order chi connectivity index (χ0) is 21.2. The SMILES string of the molecule is C/C=C\c1cc(B2OC(C)(C)C(C)(C)O2)ccc1C.CC1CCC(C)(O)CC1. The molecular formula is C24H39BO3. The van der Waals surface area contributed by atoms with Crippen LogP contribution in [0.4, 0.5) is 0 Å². The molecule has 2 aliphatic rings. The molecule has 0 amide bonds. The van der Waals surface area contributed by atoms with Crippen LogP contribution in [0.15, 0.2) is 24.3 Å². The molecule has 0 bridgehead atoms. The number of hydrogen-bond donors (Lipinski definition) is 1. The molecule has 28 heavy (non-hydrogen) atoms. The van der Waals surface area contributed by atoms with Crippen molar-refractivity contribution in [3.05, 3.63) is 35.4 Å². The zero-order valence-corrected chi connectivity index (χ0v) is 19.1. The molecule has 0 atom stereocenters. The van der Waals surface area contributed by atoms with Crippen molar-refractivity contribution in [2.24, 2.45) is 5.92 Å². The van der Waals surface area contributed by atoms with Crippen molar-refractivity contribution < 1.29 is 14.4 Å². The first-order valence-corrected chi connectivity index (χ1v) is 10.7. The summed E-state index contributed by atoms with van der Waals surface area (Å²) < 4.78 is 12.2. The highest BCUT2D eigenvalue weighted by atomic mass is 16.7. The molecule has 1 aromatic carbocycles. The van der Waals surface area contributed by atoms with Crippen LogP contribution in [0, 0.1) is 12.8 Å². The van der Waals surface area contributed by atoms with E-state index in [1.54, 1.807) is 0 Å². The van der Waals surface area contributed by atoms with Crippen LogP contribution in [0.1, 0.15) is 85.3 Å². The molecule has 4 heteroatoms. The standard InChI is InChI=1S/C16H23BO2.C8H16O/c1-7-8-13-11-14(10-9-12(13)2)17-18-15(3,4)16(5,6)19-17;1-7-3-5-8(2,9)6-4-7/h7-11H,1-6H3;7,9H,3-6H2,1-2H3/b8-7-;. The minimum absolute atomic E-state index is 0.283. The maximum atomic E-state index is 9.49. The molecule has 1 aliphatic heterocycles. The van der Waals surface area contributed by atoms with E-state index in [-0.39, 0.29) is 23.9 Å². The summed E-state index contributed by atoms with van der Waals surface area (Å²) >= 11 is 0. The predicted molar refractivity (Wildman–Crippen MR) is 120 cm³/mol. The summed E-state index contributed by atoms with van der Waals surface area (Å²) in [6, 6.07) is 6.36. The van der Waals surface area contributed by atoms with Gasteiger partial charge in [-0.05, 0) is 96.7 Å². The van der Waals surface area contributed by atoms with Gasteiger partial charge in [0.15, 0.2) is 0 Å². The molecule has 3 nitrogen and oxygen atoms in total. The summed E-state index contributed by atoms with van der Waals surface area (Å²) in [5.41, 5.74) is 2.64. The van der Waals surface area contributed by atoms with E-state index in [2.05, 4.69) is 71.9 Å². The van der Waals surface area contributed by atoms with Gasteiger partial charge in [-0.1, -0.05) is 37.3 Å². The van der Waals surface area contributed by atoms with Crippen molar-refractivity contribution in [3.63, 3.8) is 0 Å². The van der Waals surface area contributed by atoms with Crippen molar-refractivity contribution in [1.29, 1.82) is 0 Å². The van der Waals surface area contributed by atoms with E-state index in [1.165, 1.54) is 24.0 Å². The molecule has 156 valence electrons. The third-order valence-corrected chi connectivity index (χ3v) is 6.53. The summed E-state index contributed by atoms with van der Waals surface area (Å²) in [6.45, 7) is 16.7. The second kappa shape index (κ2) is 8.73. The monoisotopic (exact) mass is 386 g/mol. The second-order valence-corrected chi connectivity index (χ2v) is 9.88. The molecule has 1 N–H and O–H groups in total. The molecule has 0 unspecified atom stereocenters. The smallest absolute Gasteiger partial charge is 0.399 e. The van der Waals surface area contributed by atoms with Crippen molar-refractivity contribution >= 4 is 18.7 Å². The molecular weight excluding hydrogens is 347 g/mol.